The lowest BCUT2D eigenvalue weighted by Crippen LogP contribution is -2.39. The van der Waals surface area contributed by atoms with Crippen molar-refractivity contribution in [2.75, 3.05) is 38.8 Å². The van der Waals surface area contributed by atoms with Gasteiger partial charge < -0.3 is 15.2 Å². The molecule has 0 spiro atoms. The molecule has 0 unspecified atom stereocenters. The minimum Gasteiger partial charge on any atom is -0.493 e. The Morgan fingerprint density at radius 2 is 1.77 bits per heavy atom. The first kappa shape index (κ1) is 22.1. The normalized spacial score (nSPS) is 16.7. The molecule has 7 nitrogen and oxygen atoms in total. The molecule has 162 valence electrons. The summed E-state index contributed by atoms with van der Waals surface area (Å²) in [6.07, 6.45) is 0.630. The van der Waals surface area contributed by atoms with E-state index >= 15 is 0 Å². The molecule has 1 aliphatic rings. The highest BCUT2D eigenvalue weighted by molar-refractivity contribution is 7.91. The van der Waals surface area contributed by atoms with Gasteiger partial charge >= 0.3 is 0 Å². The maximum atomic E-state index is 12.4. The van der Waals surface area contributed by atoms with Gasteiger partial charge in [0.05, 0.1) is 31.8 Å². The molecule has 0 aliphatic carbocycles. The first-order chi connectivity index (χ1) is 14.3. The standard InChI is InChI=1S/C22H28N2O5S/c1-28-19-14-17-8-10-24(11-13-30(26,27)12-9-21(23)25)22(16-6-4-3-5-7-16)18(17)15-20(19)29-2/h3-7,14-15,22H,8-13H2,1-2H3,(H2,23,25)/t22-/m1/s1. The maximum Gasteiger partial charge on any atom is 0.218 e. The molecular weight excluding hydrogens is 404 g/mol. The van der Waals surface area contributed by atoms with Crippen molar-refractivity contribution in [3.8, 4) is 11.5 Å². The molecule has 3 rings (SSSR count). The molecule has 8 heteroatoms. The van der Waals surface area contributed by atoms with Crippen LogP contribution < -0.4 is 15.2 Å². The monoisotopic (exact) mass is 432 g/mol. The zero-order valence-corrected chi connectivity index (χ0v) is 18.2. The summed E-state index contributed by atoms with van der Waals surface area (Å²) in [6.45, 7) is 1.09. The van der Waals surface area contributed by atoms with Crippen LogP contribution in [0.3, 0.4) is 0 Å². The van der Waals surface area contributed by atoms with Gasteiger partial charge in [0.25, 0.3) is 0 Å². The van der Waals surface area contributed by atoms with E-state index < -0.39 is 15.7 Å². The number of benzene rings is 2. The van der Waals surface area contributed by atoms with Crippen molar-refractivity contribution >= 4 is 15.7 Å². The molecule has 0 saturated heterocycles. The fraction of sp³-hybridized carbons (Fsp3) is 0.409. The molecule has 2 aromatic rings. The van der Waals surface area contributed by atoms with E-state index in [4.69, 9.17) is 15.2 Å². The third-order valence-electron chi connectivity index (χ3n) is 5.44. The SMILES string of the molecule is COc1cc2c(cc1OC)[C@@H](c1ccccc1)N(CCS(=O)(=O)CCC(N)=O)CC2. The van der Waals surface area contributed by atoms with Gasteiger partial charge in [-0.1, -0.05) is 30.3 Å². The zero-order valence-electron chi connectivity index (χ0n) is 17.3. The highest BCUT2D eigenvalue weighted by atomic mass is 32.2. The molecule has 0 fully saturated rings. The molecule has 30 heavy (non-hydrogen) atoms. The second-order valence-electron chi connectivity index (χ2n) is 7.37. The Morgan fingerprint density at radius 1 is 1.10 bits per heavy atom. The molecule has 0 bridgehead atoms. The van der Waals surface area contributed by atoms with Crippen LogP contribution in [0.4, 0.5) is 0 Å². The van der Waals surface area contributed by atoms with E-state index in [1.54, 1.807) is 14.2 Å². The molecule has 1 aliphatic heterocycles. The topological polar surface area (TPSA) is 98.9 Å². The summed E-state index contributed by atoms with van der Waals surface area (Å²) in [7, 11) is -0.149. The molecule has 0 aromatic heterocycles. The molecule has 0 saturated carbocycles. The number of hydrogen-bond acceptors (Lipinski definition) is 6. The maximum absolute atomic E-state index is 12.4. The molecule has 1 amide bonds. The molecule has 0 radical (unpaired) electrons. The number of fused-ring (bicyclic) bond motifs is 1. The van der Waals surface area contributed by atoms with Crippen LogP contribution in [0.2, 0.25) is 0 Å². The third kappa shape index (κ3) is 5.12. The summed E-state index contributed by atoms with van der Waals surface area (Å²) in [6, 6.07) is 13.9. The first-order valence-electron chi connectivity index (χ1n) is 9.87. The number of ether oxygens (including phenoxy) is 2. The Labute approximate surface area is 177 Å². The number of hydrogen-bond donors (Lipinski definition) is 1. The van der Waals surface area contributed by atoms with E-state index in [2.05, 4.69) is 4.90 Å². The lowest BCUT2D eigenvalue weighted by atomic mass is 9.87. The number of sulfone groups is 1. The smallest absolute Gasteiger partial charge is 0.218 e. The average Bonchev–Trinajstić information content (AvgIpc) is 2.75. The highest BCUT2D eigenvalue weighted by Gasteiger charge is 2.31. The average molecular weight is 433 g/mol. The van der Waals surface area contributed by atoms with E-state index in [0.717, 1.165) is 23.1 Å². The van der Waals surface area contributed by atoms with Gasteiger partial charge in [-0.25, -0.2) is 8.42 Å². The number of methoxy groups -OCH3 is 2. The summed E-state index contributed by atoms with van der Waals surface area (Å²) in [5.74, 6) is 0.493. The highest BCUT2D eigenvalue weighted by Crippen LogP contribution is 2.40. The van der Waals surface area contributed by atoms with Gasteiger partial charge in [-0.15, -0.1) is 0 Å². The van der Waals surface area contributed by atoms with Crippen LogP contribution in [0.25, 0.3) is 0 Å². The number of nitrogens with two attached hydrogens (primary N) is 1. The quantitative estimate of drug-likeness (QED) is 0.650. The Bertz CT molecular complexity index is 992. The van der Waals surface area contributed by atoms with E-state index in [-0.39, 0.29) is 24.0 Å². The van der Waals surface area contributed by atoms with Gasteiger partial charge in [0.15, 0.2) is 21.3 Å². The predicted molar refractivity (Wildman–Crippen MR) is 116 cm³/mol. The first-order valence-corrected chi connectivity index (χ1v) is 11.7. The van der Waals surface area contributed by atoms with Gasteiger partial charge in [-0.05, 0) is 35.2 Å². The largest absolute Gasteiger partial charge is 0.493 e. The zero-order chi connectivity index (χ0) is 21.7. The van der Waals surface area contributed by atoms with Crippen molar-refractivity contribution < 1.29 is 22.7 Å². The number of nitrogens with zero attached hydrogens (tertiary/aromatic N) is 1. The lowest BCUT2D eigenvalue weighted by Gasteiger charge is -2.38. The Hall–Kier alpha value is -2.58. The molecule has 1 heterocycles. The van der Waals surface area contributed by atoms with Gasteiger partial charge in [0.2, 0.25) is 5.91 Å². The van der Waals surface area contributed by atoms with E-state index in [1.807, 2.05) is 42.5 Å². The van der Waals surface area contributed by atoms with Crippen LogP contribution >= 0.6 is 0 Å². The number of amides is 1. The number of carbonyl (C=O) groups is 1. The van der Waals surface area contributed by atoms with Crippen LogP contribution in [0, 0.1) is 0 Å². The lowest BCUT2D eigenvalue weighted by molar-refractivity contribution is -0.117. The van der Waals surface area contributed by atoms with E-state index in [1.165, 1.54) is 0 Å². The summed E-state index contributed by atoms with van der Waals surface area (Å²) < 4.78 is 35.7. The van der Waals surface area contributed by atoms with Gasteiger partial charge in [0, 0.05) is 19.5 Å². The van der Waals surface area contributed by atoms with Gasteiger partial charge in [0.1, 0.15) is 0 Å². The number of carbonyl (C=O) groups excluding carboxylic acids is 1. The van der Waals surface area contributed by atoms with Crippen LogP contribution in [-0.2, 0) is 21.1 Å². The van der Waals surface area contributed by atoms with Crippen molar-refractivity contribution in [2.45, 2.75) is 18.9 Å². The molecule has 2 aromatic carbocycles. The van der Waals surface area contributed by atoms with E-state index in [0.29, 0.717) is 24.6 Å². The summed E-state index contributed by atoms with van der Waals surface area (Å²) in [4.78, 5) is 13.1. The van der Waals surface area contributed by atoms with Crippen molar-refractivity contribution in [1.29, 1.82) is 0 Å². The minimum atomic E-state index is -3.37. The Balaban J connectivity index is 1.92. The minimum absolute atomic E-state index is 0.0216. The fourth-order valence-corrected chi connectivity index (χ4v) is 5.11. The van der Waals surface area contributed by atoms with Crippen LogP contribution in [0.15, 0.2) is 42.5 Å². The van der Waals surface area contributed by atoms with Gasteiger partial charge in [-0.2, -0.15) is 0 Å². The van der Waals surface area contributed by atoms with Crippen molar-refractivity contribution in [1.82, 2.24) is 4.90 Å². The molecular formula is C22H28N2O5S. The number of primary amides is 1. The molecule has 1 atom stereocenters. The van der Waals surface area contributed by atoms with Crippen LogP contribution in [-0.4, -0.2) is 58.0 Å². The number of rotatable bonds is 9. The summed E-state index contributed by atoms with van der Waals surface area (Å²) in [5.41, 5.74) is 8.43. The predicted octanol–water partition coefficient (Wildman–Crippen LogP) is 1.94. The summed E-state index contributed by atoms with van der Waals surface area (Å²) in [5, 5.41) is 0. The van der Waals surface area contributed by atoms with Crippen molar-refractivity contribution in [3.05, 3.63) is 59.2 Å². The van der Waals surface area contributed by atoms with Crippen LogP contribution in [0.1, 0.15) is 29.2 Å². The van der Waals surface area contributed by atoms with Crippen LogP contribution in [0.5, 0.6) is 11.5 Å². The molecule has 2 N–H and O–H groups in total. The van der Waals surface area contributed by atoms with Crippen molar-refractivity contribution in [2.24, 2.45) is 5.73 Å². The summed E-state index contributed by atoms with van der Waals surface area (Å²) >= 11 is 0. The second-order valence-corrected chi connectivity index (χ2v) is 9.68. The second kappa shape index (κ2) is 9.49. The fourth-order valence-electron chi connectivity index (χ4n) is 3.88. The third-order valence-corrected chi connectivity index (χ3v) is 7.07. The Kier molecular flexibility index (Phi) is 6.99. The van der Waals surface area contributed by atoms with E-state index in [9.17, 15) is 13.2 Å². The van der Waals surface area contributed by atoms with Crippen molar-refractivity contribution in [3.63, 3.8) is 0 Å². The van der Waals surface area contributed by atoms with Gasteiger partial charge in [-0.3, -0.25) is 9.69 Å². The Morgan fingerprint density at radius 3 is 2.40 bits per heavy atom.